The number of methoxy groups -OCH3 is 2. The molecule has 160 valence electrons. The van der Waals surface area contributed by atoms with Crippen LogP contribution < -0.4 is 10.6 Å². The predicted octanol–water partition coefficient (Wildman–Crippen LogP) is 2.83. The zero-order valence-electron chi connectivity index (χ0n) is 16.5. The van der Waals surface area contributed by atoms with Crippen molar-refractivity contribution in [3.63, 3.8) is 0 Å². The Kier molecular flexibility index (Phi) is 8.24. The van der Waals surface area contributed by atoms with Crippen molar-refractivity contribution in [1.29, 1.82) is 0 Å². The summed E-state index contributed by atoms with van der Waals surface area (Å²) in [5.41, 5.74) is 0.502. The third kappa shape index (κ3) is 6.24. The van der Waals surface area contributed by atoms with E-state index in [1.165, 1.54) is 50.6 Å². The highest BCUT2D eigenvalue weighted by atomic mass is 19.1. The van der Waals surface area contributed by atoms with E-state index in [4.69, 9.17) is 4.74 Å². The van der Waals surface area contributed by atoms with Gasteiger partial charge >= 0.3 is 5.97 Å². The molecule has 0 spiro atoms. The SMILES string of the molecule is COCCNc1ccc(C(=O)NC(CC(=O)OC)c2ccc(F)cc2)cc1[N+](=O)[O-]. The Morgan fingerprint density at radius 2 is 1.87 bits per heavy atom. The molecule has 2 rings (SSSR count). The van der Waals surface area contributed by atoms with Crippen molar-refractivity contribution in [2.45, 2.75) is 12.5 Å². The summed E-state index contributed by atoms with van der Waals surface area (Å²) in [6.07, 6.45) is -0.188. The van der Waals surface area contributed by atoms with Crippen LogP contribution in [0.4, 0.5) is 15.8 Å². The summed E-state index contributed by atoms with van der Waals surface area (Å²) in [6, 6.07) is 8.48. The van der Waals surface area contributed by atoms with Crippen molar-refractivity contribution in [1.82, 2.24) is 5.32 Å². The van der Waals surface area contributed by atoms with Gasteiger partial charge in [-0.1, -0.05) is 12.1 Å². The number of nitrogens with one attached hydrogen (secondary N) is 2. The third-order valence-corrected chi connectivity index (χ3v) is 4.25. The predicted molar refractivity (Wildman–Crippen MR) is 107 cm³/mol. The smallest absolute Gasteiger partial charge is 0.307 e. The first-order valence-electron chi connectivity index (χ1n) is 9.00. The van der Waals surface area contributed by atoms with Crippen LogP contribution in [0.1, 0.15) is 28.4 Å². The number of esters is 1. The van der Waals surface area contributed by atoms with E-state index in [0.717, 1.165) is 6.07 Å². The molecule has 1 amide bonds. The van der Waals surface area contributed by atoms with Gasteiger partial charge in [0, 0.05) is 25.3 Å². The molecule has 1 atom stereocenters. The summed E-state index contributed by atoms with van der Waals surface area (Å²) < 4.78 is 22.8. The molecule has 2 N–H and O–H groups in total. The van der Waals surface area contributed by atoms with Crippen LogP contribution >= 0.6 is 0 Å². The fraction of sp³-hybridized carbons (Fsp3) is 0.300. The quantitative estimate of drug-likeness (QED) is 0.263. The van der Waals surface area contributed by atoms with Crippen LogP contribution in [0, 0.1) is 15.9 Å². The van der Waals surface area contributed by atoms with Gasteiger partial charge in [0.15, 0.2) is 0 Å². The minimum atomic E-state index is -0.802. The first-order chi connectivity index (χ1) is 14.3. The lowest BCUT2D eigenvalue weighted by Gasteiger charge is -2.18. The van der Waals surface area contributed by atoms with E-state index in [9.17, 15) is 24.1 Å². The molecule has 10 heteroatoms. The second-order valence-corrected chi connectivity index (χ2v) is 6.27. The van der Waals surface area contributed by atoms with Gasteiger partial charge in [0.1, 0.15) is 11.5 Å². The molecule has 0 heterocycles. The van der Waals surface area contributed by atoms with Gasteiger partial charge in [-0.05, 0) is 29.8 Å². The first kappa shape index (κ1) is 22.8. The van der Waals surface area contributed by atoms with Crippen LogP contribution in [0.15, 0.2) is 42.5 Å². The van der Waals surface area contributed by atoms with Crippen molar-refractivity contribution in [2.75, 3.05) is 32.7 Å². The standard InChI is InChI=1S/C20H22FN3O6/c1-29-10-9-22-16-8-5-14(11-18(16)24(27)28)20(26)23-17(12-19(25)30-2)13-3-6-15(21)7-4-13/h3-8,11,17,22H,9-10,12H2,1-2H3,(H,23,26). The molecule has 0 saturated carbocycles. The largest absolute Gasteiger partial charge is 0.469 e. The normalized spacial score (nSPS) is 11.4. The second kappa shape index (κ2) is 10.9. The topological polar surface area (TPSA) is 120 Å². The summed E-state index contributed by atoms with van der Waals surface area (Å²) in [5.74, 6) is -1.66. The number of halogens is 1. The van der Waals surface area contributed by atoms with E-state index in [2.05, 4.69) is 15.4 Å². The summed E-state index contributed by atoms with van der Waals surface area (Å²) >= 11 is 0. The molecule has 0 aliphatic carbocycles. The molecular weight excluding hydrogens is 397 g/mol. The molecular formula is C20H22FN3O6. The van der Waals surface area contributed by atoms with Gasteiger partial charge in [0.2, 0.25) is 0 Å². The number of rotatable bonds is 10. The molecule has 0 aliphatic heterocycles. The van der Waals surface area contributed by atoms with Crippen molar-refractivity contribution >= 4 is 23.3 Å². The monoisotopic (exact) mass is 419 g/mol. The van der Waals surface area contributed by atoms with Crippen LogP contribution in [0.3, 0.4) is 0 Å². The molecule has 0 radical (unpaired) electrons. The highest BCUT2D eigenvalue weighted by Gasteiger charge is 2.22. The van der Waals surface area contributed by atoms with Crippen LogP contribution in [-0.2, 0) is 14.3 Å². The molecule has 0 saturated heterocycles. The number of hydrogen-bond acceptors (Lipinski definition) is 7. The lowest BCUT2D eigenvalue weighted by molar-refractivity contribution is -0.384. The molecule has 2 aromatic rings. The Morgan fingerprint density at radius 3 is 2.47 bits per heavy atom. The van der Waals surface area contributed by atoms with Gasteiger partial charge < -0.3 is 20.1 Å². The Balaban J connectivity index is 2.25. The highest BCUT2D eigenvalue weighted by molar-refractivity contribution is 5.96. The van der Waals surface area contributed by atoms with Crippen LogP contribution in [0.5, 0.6) is 0 Å². The number of carbonyl (C=O) groups is 2. The minimum Gasteiger partial charge on any atom is -0.469 e. The maximum absolute atomic E-state index is 13.2. The van der Waals surface area contributed by atoms with E-state index in [1.54, 1.807) is 0 Å². The first-order valence-corrected chi connectivity index (χ1v) is 9.00. The maximum atomic E-state index is 13.2. The number of nitro benzene ring substituents is 1. The summed E-state index contributed by atoms with van der Waals surface area (Å²) in [7, 11) is 2.72. The van der Waals surface area contributed by atoms with E-state index in [-0.39, 0.29) is 23.4 Å². The molecule has 2 aromatic carbocycles. The minimum absolute atomic E-state index is 0.0379. The van der Waals surface area contributed by atoms with Gasteiger partial charge in [0.25, 0.3) is 11.6 Å². The maximum Gasteiger partial charge on any atom is 0.307 e. The van der Waals surface area contributed by atoms with Gasteiger partial charge in [-0.15, -0.1) is 0 Å². The van der Waals surface area contributed by atoms with Gasteiger partial charge in [0.05, 0.1) is 31.1 Å². The lowest BCUT2D eigenvalue weighted by Crippen LogP contribution is -2.30. The van der Waals surface area contributed by atoms with Gasteiger partial charge in [-0.3, -0.25) is 19.7 Å². The third-order valence-electron chi connectivity index (χ3n) is 4.25. The number of nitrogens with zero attached hydrogens (tertiary/aromatic N) is 1. The molecule has 9 nitrogen and oxygen atoms in total. The van der Waals surface area contributed by atoms with Gasteiger partial charge in [-0.2, -0.15) is 0 Å². The number of benzene rings is 2. The molecule has 0 aliphatic rings. The fourth-order valence-electron chi connectivity index (χ4n) is 2.70. The van der Waals surface area contributed by atoms with Crippen LogP contribution in [0.25, 0.3) is 0 Å². The van der Waals surface area contributed by atoms with E-state index < -0.39 is 28.7 Å². The lowest BCUT2D eigenvalue weighted by atomic mass is 10.0. The van der Waals surface area contributed by atoms with E-state index in [0.29, 0.717) is 18.7 Å². The number of amides is 1. The van der Waals surface area contributed by atoms with Crippen LogP contribution in [-0.4, -0.2) is 44.2 Å². The molecule has 30 heavy (non-hydrogen) atoms. The Labute approximate surface area is 172 Å². The van der Waals surface area contributed by atoms with Crippen molar-refractivity contribution in [2.24, 2.45) is 0 Å². The Bertz CT molecular complexity index is 904. The van der Waals surface area contributed by atoms with Crippen LogP contribution in [0.2, 0.25) is 0 Å². The van der Waals surface area contributed by atoms with Crippen molar-refractivity contribution < 1.29 is 28.4 Å². The fourth-order valence-corrected chi connectivity index (χ4v) is 2.70. The summed E-state index contributed by atoms with van der Waals surface area (Å²) in [6.45, 7) is 0.709. The number of nitro groups is 1. The van der Waals surface area contributed by atoms with E-state index >= 15 is 0 Å². The highest BCUT2D eigenvalue weighted by Crippen LogP contribution is 2.26. The average Bonchev–Trinajstić information content (AvgIpc) is 2.73. The molecule has 0 fully saturated rings. The van der Waals surface area contributed by atoms with E-state index in [1.807, 2.05) is 0 Å². The number of carbonyl (C=O) groups excluding carboxylic acids is 2. The Hall–Kier alpha value is -3.53. The second-order valence-electron chi connectivity index (χ2n) is 6.27. The molecule has 0 aromatic heterocycles. The van der Waals surface area contributed by atoms with Crippen molar-refractivity contribution in [3.8, 4) is 0 Å². The molecule has 0 bridgehead atoms. The van der Waals surface area contributed by atoms with Crippen molar-refractivity contribution in [3.05, 3.63) is 69.5 Å². The zero-order valence-corrected chi connectivity index (χ0v) is 16.5. The zero-order chi connectivity index (χ0) is 22.1. The summed E-state index contributed by atoms with van der Waals surface area (Å²) in [4.78, 5) is 35.2. The number of ether oxygens (including phenoxy) is 2. The molecule has 1 unspecified atom stereocenters. The average molecular weight is 419 g/mol. The number of hydrogen-bond donors (Lipinski definition) is 2. The number of anilines is 1. The summed E-state index contributed by atoms with van der Waals surface area (Å²) in [5, 5.41) is 16.9. The Morgan fingerprint density at radius 1 is 1.17 bits per heavy atom. The van der Waals surface area contributed by atoms with Gasteiger partial charge in [-0.25, -0.2) is 4.39 Å².